The van der Waals surface area contributed by atoms with E-state index in [0.717, 1.165) is 16.6 Å². The molecule has 0 spiro atoms. The number of furan rings is 1. The minimum absolute atomic E-state index is 0.00453. The van der Waals surface area contributed by atoms with E-state index in [1.165, 1.54) is 11.2 Å². The van der Waals surface area contributed by atoms with Crippen molar-refractivity contribution in [2.24, 2.45) is 0 Å². The highest BCUT2D eigenvalue weighted by Crippen LogP contribution is 2.42. The van der Waals surface area contributed by atoms with E-state index in [1.807, 2.05) is 39.8 Å². The molecule has 0 bridgehead atoms. The zero-order chi connectivity index (χ0) is 24.9. The van der Waals surface area contributed by atoms with Crippen LogP contribution in [0.5, 0.6) is 5.75 Å². The molecule has 0 saturated carbocycles. The number of aliphatic hydroxyl groups is 1. The SMILES string of the molecule is Cc1cc2nc(N3C(=O)C(=O)/C(=C(/O)c4ccc(OC(C)C)cc4)C3c3ccco3)[nH]c2cc1C. The maximum absolute atomic E-state index is 13.3. The number of nitrogens with zero attached hydrogens (tertiary/aromatic N) is 2. The number of ketones is 1. The van der Waals surface area contributed by atoms with Gasteiger partial charge < -0.3 is 19.2 Å². The number of nitrogens with one attached hydrogen (secondary N) is 1. The van der Waals surface area contributed by atoms with Crippen LogP contribution in [0.25, 0.3) is 16.8 Å². The summed E-state index contributed by atoms with van der Waals surface area (Å²) >= 11 is 0. The molecule has 0 aliphatic carbocycles. The first-order valence-electron chi connectivity index (χ1n) is 11.3. The first-order chi connectivity index (χ1) is 16.7. The molecule has 1 fully saturated rings. The number of aromatic amines is 1. The van der Waals surface area contributed by atoms with Gasteiger partial charge in [0.1, 0.15) is 23.3 Å². The molecule has 8 heteroatoms. The molecule has 8 nitrogen and oxygen atoms in total. The third kappa shape index (κ3) is 3.86. The van der Waals surface area contributed by atoms with Crippen molar-refractivity contribution in [3.63, 3.8) is 0 Å². The minimum Gasteiger partial charge on any atom is -0.507 e. The molecule has 1 aliphatic rings. The number of hydrogen-bond donors (Lipinski definition) is 2. The van der Waals surface area contributed by atoms with Gasteiger partial charge in [0.15, 0.2) is 0 Å². The van der Waals surface area contributed by atoms with Crippen molar-refractivity contribution in [1.82, 2.24) is 9.97 Å². The first kappa shape index (κ1) is 22.5. The highest BCUT2D eigenvalue weighted by Gasteiger charge is 2.49. The van der Waals surface area contributed by atoms with E-state index in [9.17, 15) is 14.7 Å². The van der Waals surface area contributed by atoms with E-state index in [4.69, 9.17) is 9.15 Å². The zero-order valence-corrected chi connectivity index (χ0v) is 19.8. The van der Waals surface area contributed by atoms with Crippen molar-refractivity contribution in [3.8, 4) is 5.75 Å². The fourth-order valence-electron chi connectivity index (χ4n) is 4.26. The summed E-state index contributed by atoms with van der Waals surface area (Å²) in [5, 5.41) is 11.2. The molecule has 35 heavy (non-hydrogen) atoms. The maximum Gasteiger partial charge on any atom is 0.302 e. The monoisotopic (exact) mass is 471 g/mol. The Labute approximate surface area is 201 Å². The van der Waals surface area contributed by atoms with Crippen LogP contribution in [-0.4, -0.2) is 32.9 Å². The molecular weight excluding hydrogens is 446 g/mol. The van der Waals surface area contributed by atoms with E-state index in [0.29, 0.717) is 22.6 Å². The molecule has 1 unspecified atom stereocenters. The molecule has 2 aromatic heterocycles. The lowest BCUT2D eigenvalue weighted by Gasteiger charge is -2.20. The number of amides is 1. The minimum atomic E-state index is -0.987. The van der Waals surface area contributed by atoms with Gasteiger partial charge in [-0.3, -0.25) is 14.5 Å². The van der Waals surface area contributed by atoms with Gasteiger partial charge in [0.2, 0.25) is 5.95 Å². The van der Waals surface area contributed by atoms with Crippen molar-refractivity contribution in [2.75, 3.05) is 4.90 Å². The molecule has 1 amide bonds. The van der Waals surface area contributed by atoms with Gasteiger partial charge in [-0.15, -0.1) is 0 Å². The number of Topliss-reactive ketones (excluding diaryl/α,β-unsaturated/α-hetero) is 1. The van der Waals surface area contributed by atoms with Gasteiger partial charge in [-0.05, 0) is 87.4 Å². The number of rotatable bonds is 5. The summed E-state index contributed by atoms with van der Waals surface area (Å²) in [6, 6.07) is 12.9. The Hall–Kier alpha value is -4.33. The van der Waals surface area contributed by atoms with Gasteiger partial charge in [-0.2, -0.15) is 0 Å². The molecule has 1 atom stereocenters. The Balaban J connectivity index is 1.64. The molecular formula is C27H25N3O5. The van der Waals surface area contributed by atoms with E-state index < -0.39 is 17.7 Å². The Morgan fingerprint density at radius 1 is 1.11 bits per heavy atom. The number of carbonyl (C=O) groups is 2. The Morgan fingerprint density at radius 3 is 2.49 bits per heavy atom. The molecule has 1 saturated heterocycles. The second-order valence-electron chi connectivity index (χ2n) is 8.89. The summed E-state index contributed by atoms with van der Waals surface area (Å²) in [7, 11) is 0. The smallest absolute Gasteiger partial charge is 0.302 e. The van der Waals surface area contributed by atoms with Crippen LogP contribution in [0.3, 0.4) is 0 Å². The molecule has 3 heterocycles. The van der Waals surface area contributed by atoms with Crippen LogP contribution in [0.2, 0.25) is 0 Å². The summed E-state index contributed by atoms with van der Waals surface area (Å²) in [6.07, 6.45) is 1.45. The van der Waals surface area contributed by atoms with Gasteiger partial charge in [-0.1, -0.05) is 0 Å². The van der Waals surface area contributed by atoms with Crippen molar-refractivity contribution in [3.05, 3.63) is 82.8 Å². The van der Waals surface area contributed by atoms with Crippen molar-refractivity contribution in [2.45, 2.75) is 39.8 Å². The lowest BCUT2D eigenvalue weighted by molar-refractivity contribution is -0.132. The Kier molecular flexibility index (Phi) is 5.43. The predicted octanol–water partition coefficient (Wildman–Crippen LogP) is 5.19. The van der Waals surface area contributed by atoms with E-state index in [1.54, 1.807) is 36.4 Å². The average molecular weight is 472 g/mol. The fraction of sp³-hybridized carbons (Fsp3) is 0.222. The molecule has 1 aliphatic heterocycles. The van der Waals surface area contributed by atoms with Crippen LogP contribution in [0.1, 0.15) is 42.3 Å². The standard InChI is InChI=1S/C27H25N3O5/c1-14(2)35-18-9-7-17(8-10-18)24(31)22-23(21-6-5-11-34-21)30(26(33)25(22)32)27-28-19-12-15(3)16(4)13-20(19)29-27/h5-14,23,31H,1-4H3,(H,28,29)/b24-22+. The van der Waals surface area contributed by atoms with Crippen molar-refractivity contribution < 1.29 is 23.8 Å². The fourth-order valence-corrected chi connectivity index (χ4v) is 4.26. The quantitative estimate of drug-likeness (QED) is 0.236. The predicted molar refractivity (Wildman–Crippen MR) is 131 cm³/mol. The molecule has 2 N–H and O–H groups in total. The van der Waals surface area contributed by atoms with Gasteiger partial charge in [0, 0.05) is 5.56 Å². The number of H-pyrrole nitrogens is 1. The number of benzene rings is 2. The third-order valence-corrected chi connectivity index (χ3v) is 6.07. The van der Waals surface area contributed by atoms with Crippen LogP contribution in [0.15, 0.2) is 64.8 Å². The van der Waals surface area contributed by atoms with Crippen LogP contribution < -0.4 is 9.64 Å². The van der Waals surface area contributed by atoms with Crippen molar-refractivity contribution in [1.29, 1.82) is 0 Å². The normalized spacial score (nSPS) is 17.6. The van der Waals surface area contributed by atoms with Crippen molar-refractivity contribution >= 4 is 34.4 Å². The Morgan fingerprint density at radius 2 is 1.83 bits per heavy atom. The first-order valence-corrected chi connectivity index (χ1v) is 11.3. The molecule has 0 radical (unpaired) electrons. The summed E-state index contributed by atoms with van der Waals surface area (Å²) in [6.45, 7) is 7.80. The third-order valence-electron chi connectivity index (χ3n) is 6.07. The van der Waals surface area contributed by atoms with Gasteiger partial charge in [0.25, 0.3) is 5.78 Å². The average Bonchev–Trinajstić information content (AvgIpc) is 3.53. The number of ether oxygens (including phenoxy) is 1. The van der Waals surface area contributed by atoms with Gasteiger partial charge in [-0.25, -0.2) is 4.98 Å². The zero-order valence-electron chi connectivity index (χ0n) is 19.8. The second kappa shape index (κ2) is 8.47. The van der Waals surface area contributed by atoms with E-state index in [-0.39, 0.29) is 23.4 Å². The van der Waals surface area contributed by atoms with Crippen LogP contribution in [0.4, 0.5) is 5.95 Å². The lowest BCUT2D eigenvalue weighted by atomic mass is 9.99. The number of aromatic nitrogens is 2. The summed E-state index contributed by atoms with van der Waals surface area (Å²) in [5.74, 6) is -0.760. The summed E-state index contributed by atoms with van der Waals surface area (Å²) in [4.78, 5) is 35.5. The number of fused-ring (bicyclic) bond motifs is 1. The maximum atomic E-state index is 13.3. The number of anilines is 1. The number of aliphatic hydroxyl groups excluding tert-OH is 1. The number of imidazole rings is 1. The van der Waals surface area contributed by atoms with Gasteiger partial charge >= 0.3 is 5.91 Å². The number of aryl methyl sites for hydroxylation is 2. The largest absolute Gasteiger partial charge is 0.507 e. The summed E-state index contributed by atoms with van der Waals surface area (Å²) < 4.78 is 11.3. The second-order valence-corrected chi connectivity index (χ2v) is 8.89. The molecule has 2 aromatic carbocycles. The van der Waals surface area contributed by atoms with Crippen LogP contribution >= 0.6 is 0 Å². The van der Waals surface area contributed by atoms with E-state index >= 15 is 0 Å². The summed E-state index contributed by atoms with van der Waals surface area (Å²) in [5.41, 5.74) is 3.85. The van der Waals surface area contributed by atoms with Crippen LogP contribution in [-0.2, 0) is 9.59 Å². The van der Waals surface area contributed by atoms with Crippen LogP contribution in [0, 0.1) is 13.8 Å². The topological polar surface area (TPSA) is 109 Å². The highest BCUT2D eigenvalue weighted by molar-refractivity contribution is 6.51. The highest BCUT2D eigenvalue weighted by atomic mass is 16.5. The van der Waals surface area contributed by atoms with E-state index in [2.05, 4.69) is 9.97 Å². The Bertz CT molecular complexity index is 1420. The molecule has 5 rings (SSSR count). The number of hydrogen-bond acceptors (Lipinski definition) is 6. The van der Waals surface area contributed by atoms with Gasteiger partial charge in [0.05, 0.1) is 29.0 Å². The number of carbonyl (C=O) groups excluding carboxylic acids is 2. The lowest BCUT2D eigenvalue weighted by Crippen LogP contribution is -2.30. The molecule has 4 aromatic rings. The molecule has 178 valence electrons.